The van der Waals surface area contributed by atoms with Gasteiger partial charge in [-0.25, -0.2) is 0 Å². The molecule has 1 aliphatic heterocycles. The Morgan fingerprint density at radius 1 is 1.27 bits per heavy atom. The van der Waals surface area contributed by atoms with Crippen LogP contribution < -0.4 is 4.90 Å². The topological polar surface area (TPSA) is 4.44 Å². The number of allylic oxidation sites excluding steroid dienone is 1. The highest BCUT2D eigenvalue weighted by Crippen LogP contribution is 2.30. The van der Waals surface area contributed by atoms with Gasteiger partial charge >= 0.3 is 0 Å². The Morgan fingerprint density at radius 3 is 2.87 bits per heavy atom. The van der Waals surface area contributed by atoms with Gasteiger partial charge in [0.25, 0.3) is 0 Å². The van der Waals surface area contributed by atoms with Gasteiger partial charge < -0.3 is 4.90 Å². The van der Waals surface area contributed by atoms with Crippen molar-refractivity contribution >= 4 is 0 Å². The van der Waals surface area contributed by atoms with Crippen LogP contribution in [0.3, 0.4) is 0 Å². The van der Waals surface area contributed by atoms with Gasteiger partial charge in [-0.3, -0.25) is 0 Å². The number of fused-ring (bicyclic) bond motifs is 1. The molecule has 0 aromatic rings. The average Bonchev–Trinajstić information content (AvgIpc) is 2.28. The van der Waals surface area contributed by atoms with Gasteiger partial charge in [0.05, 0.1) is 12.6 Å². The number of piperidine rings is 1. The molecule has 0 amide bonds. The molecule has 15 heavy (non-hydrogen) atoms. The summed E-state index contributed by atoms with van der Waals surface area (Å²) < 4.78 is 0. The molecular weight excluding hydrogens is 182 g/mol. The minimum Gasteiger partial charge on any atom is -0.304 e. The summed E-state index contributed by atoms with van der Waals surface area (Å²) in [5.74, 6) is 1.02. The molecule has 2 fully saturated rings. The predicted octanol–water partition coefficient (Wildman–Crippen LogP) is 2.54. The van der Waals surface area contributed by atoms with Gasteiger partial charge in [0.1, 0.15) is 5.70 Å². The highest BCUT2D eigenvalue weighted by molar-refractivity contribution is 4.91. The van der Waals surface area contributed by atoms with Crippen LogP contribution in [-0.2, 0) is 0 Å². The zero-order valence-corrected chi connectivity index (χ0v) is 10.2. The summed E-state index contributed by atoms with van der Waals surface area (Å²) in [6, 6.07) is 0.937. The largest absolute Gasteiger partial charge is 0.304 e. The van der Waals surface area contributed by atoms with E-state index in [-0.39, 0.29) is 0 Å². The number of hydrogen-bond donors (Lipinski definition) is 1. The van der Waals surface area contributed by atoms with Crippen LogP contribution in [0.5, 0.6) is 0 Å². The van der Waals surface area contributed by atoms with Crippen molar-refractivity contribution in [2.75, 3.05) is 6.54 Å². The van der Waals surface area contributed by atoms with E-state index in [4.69, 9.17) is 0 Å². The molecule has 0 spiro atoms. The van der Waals surface area contributed by atoms with E-state index in [0.29, 0.717) is 0 Å². The van der Waals surface area contributed by atoms with E-state index in [1.54, 1.807) is 4.90 Å². The Hall–Kier alpha value is -0.300. The quantitative estimate of drug-likeness (QED) is 0.727. The minimum absolute atomic E-state index is 0.937. The van der Waals surface area contributed by atoms with Crippen molar-refractivity contribution < 1.29 is 4.90 Å². The zero-order valence-electron chi connectivity index (χ0n) is 10.2. The summed E-state index contributed by atoms with van der Waals surface area (Å²) in [5.41, 5.74) is 1.51. The molecule has 86 valence electrons. The Labute approximate surface area is 94.5 Å². The van der Waals surface area contributed by atoms with E-state index in [2.05, 4.69) is 13.5 Å². The molecule has 1 heteroatoms. The maximum atomic E-state index is 4.30. The Bertz CT molecular complexity index is 221. The van der Waals surface area contributed by atoms with Crippen molar-refractivity contribution in [3.8, 4) is 0 Å². The molecule has 0 aromatic carbocycles. The second-order valence-corrected chi connectivity index (χ2v) is 5.42. The molecule has 0 radical (unpaired) electrons. The minimum atomic E-state index is 0.937. The number of likely N-dealkylation sites (tertiary alicyclic amines) is 1. The number of unbranched alkanes of at least 4 members (excludes halogenated alkanes) is 1. The molecule has 1 aliphatic carbocycles. The number of nitrogens with one attached hydrogen (secondary N) is 1. The summed E-state index contributed by atoms with van der Waals surface area (Å²) in [6.45, 7) is 7.94. The van der Waals surface area contributed by atoms with Crippen molar-refractivity contribution in [3.05, 3.63) is 12.3 Å². The van der Waals surface area contributed by atoms with Crippen LogP contribution in [-0.4, -0.2) is 12.6 Å². The summed E-state index contributed by atoms with van der Waals surface area (Å²) >= 11 is 0. The fourth-order valence-electron chi connectivity index (χ4n) is 3.52. The monoisotopic (exact) mass is 208 g/mol. The molecule has 1 saturated heterocycles. The first-order chi connectivity index (χ1) is 7.33. The van der Waals surface area contributed by atoms with E-state index >= 15 is 0 Å². The highest BCUT2D eigenvalue weighted by atomic mass is 15.2. The van der Waals surface area contributed by atoms with Crippen LogP contribution in [0.25, 0.3) is 0 Å². The second kappa shape index (κ2) is 5.16. The number of hydrogen-bond acceptors (Lipinski definition) is 0. The molecule has 1 heterocycles. The lowest BCUT2D eigenvalue weighted by atomic mass is 9.77. The Morgan fingerprint density at radius 2 is 2.07 bits per heavy atom. The molecule has 3 atom stereocenters. The molecular formula is C14H26N+. The van der Waals surface area contributed by atoms with Crippen LogP contribution in [0.15, 0.2) is 12.3 Å². The molecule has 3 unspecified atom stereocenters. The first-order valence-electron chi connectivity index (χ1n) is 6.86. The SMILES string of the molecule is C=C1CCC2CCCCC2[NH+]1CCCC. The van der Waals surface area contributed by atoms with Crippen LogP contribution in [0.2, 0.25) is 0 Å². The molecule has 2 aliphatic rings. The second-order valence-electron chi connectivity index (χ2n) is 5.42. The van der Waals surface area contributed by atoms with Crippen molar-refractivity contribution in [3.63, 3.8) is 0 Å². The molecule has 1 nitrogen and oxygen atoms in total. The van der Waals surface area contributed by atoms with E-state index < -0.39 is 0 Å². The van der Waals surface area contributed by atoms with E-state index in [1.165, 1.54) is 63.6 Å². The molecule has 1 saturated carbocycles. The van der Waals surface area contributed by atoms with Crippen LogP contribution in [0.4, 0.5) is 0 Å². The third-order valence-corrected chi connectivity index (χ3v) is 4.43. The van der Waals surface area contributed by atoms with Crippen LogP contribution in [0, 0.1) is 5.92 Å². The van der Waals surface area contributed by atoms with E-state index in [9.17, 15) is 0 Å². The van der Waals surface area contributed by atoms with Gasteiger partial charge in [-0.2, -0.15) is 0 Å². The maximum absolute atomic E-state index is 4.30. The average molecular weight is 208 g/mol. The van der Waals surface area contributed by atoms with Gasteiger partial charge in [-0.05, 0) is 32.3 Å². The number of rotatable bonds is 3. The first-order valence-corrected chi connectivity index (χ1v) is 6.86. The lowest BCUT2D eigenvalue weighted by Crippen LogP contribution is -3.15. The summed E-state index contributed by atoms with van der Waals surface area (Å²) in [7, 11) is 0. The first kappa shape index (κ1) is 11.2. The van der Waals surface area contributed by atoms with Crippen LogP contribution in [0.1, 0.15) is 58.3 Å². The normalized spacial score (nSPS) is 36.3. The number of quaternary nitrogens is 1. The lowest BCUT2D eigenvalue weighted by molar-refractivity contribution is -0.899. The highest BCUT2D eigenvalue weighted by Gasteiger charge is 2.38. The molecule has 0 bridgehead atoms. The van der Waals surface area contributed by atoms with Gasteiger partial charge in [-0.15, -0.1) is 0 Å². The summed E-state index contributed by atoms with van der Waals surface area (Å²) in [5, 5.41) is 0. The van der Waals surface area contributed by atoms with Crippen molar-refractivity contribution in [2.45, 2.75) is 64.3 Å². The molecule has 1 N–H and O–H groups in total. The Balaban J connectivity index is 1.99. The van der Waals surface area contributed by atoms with Crippen molar-refractivity contribution in [1.29, 1.82) is 0 Å². The maximum Gasteiger partial charge on any atom is 0.100 e. The molecule has 2 rings (SSSR count). The van der Waals surface area contributed by atoms with Gasteiger partial charge in [-0.1, -0.05) is 19.8 Å². The van der Waals surface area contributed by atoms with E-state index in [0.717, 1.165) is 12.0 Å². The summed E-state index contributed by atoms with van der Waals surface area (Å²) in [4.78, 5) is 1.77. The third kappa shape index (κ3) is 2.44. The Kier molecular flexibility index (Phi) is 3.85. The standard InChI is InChI=1S/C14H25N/c1-3-4-11-15-12(2)9-10-13-7-5-6-8-14(13)15/h13-14H,2-11H2,1H3/p+1. The van der Waals surface area contributed by atoms with Crippen LogP contribution >= 0.6 is 0 Å². The van der Waals surface area contributed by atoms with Crippen molar-refractivity contribution in [1.82, 2.24) is 0 Å². The fourth-order valence-corrected chi connectivity index (χ4v) is 3.52. The smallest absolute Gasteiger partial charge is 0.100 e. The van der Waals surface area contributed by atoms with Crippen molar-refractivity contribution in [2.24, 2.45) is 5.92 Å². The van der Waals surface area contributed by atoms with Gasteiger partial charge in [0.2, 0.25) is 0 Å². The van der Waals surface area contributed by atoms with Gasteiger partial charge in [0.15, 0.2) is 0 Å². The van der Waals surface area contributed by atoms with Gasteiger partial charge in [0, 0.05) is 18.8 Å². The predicted molar refractivity (Wildman–Crippen MR) is 64.9 cm³/mol. The fraction of sp³-hybridized carbons (Fsp3) is 0.857. The molecule has 0 aromatic heterocycles. The third-order valence-electron chi connectivity index (χ3n) is 4.43. The zero-order chi connectivity index (χ0) is 10.7. The van der Waals surface area contributed by atoms with E-state index in [1.807, 2.05) is 0 Å². The lowest BCUT2D eigenvalue weighted by Gasteiger charge is -2.41. The summed E-state index contributed by atoms with van der Waals surface area (Å²) in [6.07, 6.45) is 11.3.